The number of alkyl halides is 5. The van der Waals surface area contributed by atoms with Crippen LogP contribution >= 0.6 is 0 Å². The van der Waals surface area contributed by atoms with Gasteiger partial charge in [-0.1, -0.05) is 25.0 Å². The largest absolute Gasteiger partial charge is 0.435 e. The lowest BCUT2D eigenvalue weighted by Crippen LogP contribution is -2.46. The number of nitrogens with one attached hydrogen (secondary N) is 2. The predicted molar refractivity (Wildman–Crippen MR) is 121 cm³/mol. The molecule has 1 aromatic rings. The fourth-order valence-electron chi connectivity index (χ4n) is 4.82. The molecule has 3 unspecified atom stereocenters. The first-order valence-corrected chi connectivity index (χ1v) is 11.5. The number of benzene rings is 1. The maximum atomic E-state index is 12.8. The third-order valence-electron chi connectivity index (χ3n) is 6.55. The molecule has 0 aromatic heterocycles. The number of hydrazine groups is 1. The summed E-state index contributed by atoms with van der Waals surface area (Å²) in [6, 6.07) is 4.87. The van der Waals surface area contributed by atoms with Crippen molar-refractivity contribution in [1.29, 1.82) is 5.26 Å². The predicted octanol–water partition coefficient (Wildman–Crippen LogP) is 5.31. The molecule has 0 amide bonds. The number of anilines is 1. The number of allylic oxidation sites excluding steroid dienone is 1. The molecule has 4 rings (SSSR count). The minimum atomic E-state index is -4.40. The topological polar surface area (TPSA) is 72.7 Å². The molecule has 11 heteroatoms. The molecule has 2 aliphatic heterocycles. The monoisotopic (exact) mass is 495 g/mol. The van der Waals surface area contributed by atoms with E-state index in [4.69, 9.17) is 0 Å². The third kappa shape index (κ3) is 5.42. The molecule has 1 aromatic carbocycles. The van der Waals surface area contributed by atoms with E-state index in [1.807, 2.05) is 0 Å². The van der Waals surface area contributed by atoms with Crippen molar-refractivity contribution in [3.63, 3.8) is 0 Å². The maximum absolute atomic E-state index is 12.8. The Bertz CT molecular complexity index is 1060. The van der Waals surface area contributed by atoms with Gasteiger partial charge >= 0.3 is 12.8 Å². The number of fused-ring (bicyclic) bond motifs is 1. The van der Waals surface area contributed by atoms with Gasteiger partial charge in [-0.25, -0.2) is 5.43 Å². The van der Waals surface area contributed by atoms with Crippen LogP contribution in [0.2, 0.25) is 0 Å². The molecule has 3 aliphatic rings. The number of nitrogens with zero attached hydrogens (tertiary/aromatic N) is 3. The Morgan fingerprint density at radius 1 is 1.23 bits per heavy atom. The second kappa shape index (κ2) is 10.2. The highest BCUT2D eigenvalue weighted by Gasteiger charge is 2.45. The molecule has 2 N–H and O–H groups in total. The van der Waals surface area contributed by atoms with Crippen LogP contribution in [-0.4, -0.2) is 36.6 Å². The summed E-state index contributed by atoms with van der Waals surface area (Å²) in [5.41, 5.74) is 7.22. The lowest BCUT2D eigenvalue weighted by Gasteiger charge is -2.34. The number of rotatable bonds is 7. The van der Waals surface area contributed by atoms with Crippen LogP contribution in [0.3, 0.4) is 0 Å². The average Bonchev–Trinajstić information content (AvgIpc) is 3.36. The van der Waals surface area contributed by atoms with Crippen LogP contribution in [0.15, 0.2) is 47.2 Å². The first-order valence-electron chi connectivity index (χ1n) is 11.5. The van der Waals surface area contributed by atoms with Crippen molar-refractivity contribution in [1.82, 2.24) is 10.9 Å². The van der Waals surface area contributed by atoms with Gasteiger partial charge in [-0.15, -0.1) is 0 Å². The second-order valence-electron chi connectivity index (χ2n) is 8.84. The van der Waals surface area contributed by atoms with Gasteiger partial charge in [-0.3, -0.25) is 4.99 Å². The number of halogens is 5. The van der Waals surface area contributed by atoms with E-state index in [-0.39, 0.29) is 11.8 Å². The van der Waals surface area contributed by atoms with E-state index >= 15 is 0 Å². The van der Waals surface area contributed by atoms with Crippen molar-refractivity contribution >= 4 is 11.4 Å². The van der Waals surface area contributed by atoms with Crippen molar-refractivity contribution in [2.75, 3.05) is 4.90 Å². The van der Waals surface area contributed by atoms with Crippen LogP contribution in [-0.2, 0) is 0 Å². The van der Waals surface area contributed by atoms with Gasteiger partial charge in [0, 0.05) is 36.1 Å². The lowest BCUT2D eigenvalue weighted by atomic mass is 9.92. The fourth-order valence-corrected chi connectivity index (χ4v) is 4.82. The van der Waals surface area contributed by atoms with E-state index in [1.165, 1.54) is 12.3 Å². The first-order chi connectivity index (χ1) is 16.7. The molecule has 0 spiro atoms. The van der Waals surface area contributed by atoms with Crippen LogP contribution in [0.4, 0.5) is 27.6 Å². The Kier molecular flexibility index (Phi) is 7.31. The zero-order valence-electron chi connectivity index (χ0n) is 19.0. The highest BCUT2D eigenvalue weighted by Crippen LogP contribution is 2.47. The smallest absolute Gasteiger partial charge is 0.405 e. The van der Waals surface area contributed by atoms with Gasteiger partial charge in [-0.2, -0.15) is 27.2 Å². The number of aliphatic imine (C=N–C) groups is 1. The summed E-state index contributed by atoms with van der Waals surface area (Å²) < 4.78 is 68.7. The third-order valence-corrected chi connectivity index (χ3v) is 6.55. The quantitative estimate of drug-likeness (QED) is 0.396. The van der Waals surface area contributed by atoms with E-state index < -0.39 is 30.8 Å². The minimum absolute atomic E-state index is 0.0219. The Hall–Kier alpha value is -3.13. The van der Waals surface area contributed by atoms with Crippen LogP contribution in [0, 0.1) is 11.3 Å². The Balaban J connectivity index is 1.65. The summed E-state index contributed by atoms with van der Waals surface area (Å²) in [6.45, 7) is -1.95. The van der Waals surface area contributed by atoms with Crippen molar-refractivity contribution in [2.45, 2.75) is 75.9 Å². The molecule has 0 radical (unpaired) electrons. The molecule has 188 valence electrons. The van der Waals surface area contributed by atoms with Crippen molar-refractivity contribution in [3.8, 4) is 11.8 Å². The maximum Gasteiger partial charge on any atom is 0.405 e. The fraction of sp³-hybridized carbons (Fsp3) is 0.500. The van der Waals surface area contributed by atoms with Crippen LogP contribution < -0.4 is 20.5 Å². The molecule has 2 heterocycles. The Labute approximate surface area is 200 Å². The number of ether oxygens (including phenoxy) is 1. The SMILES string of the molecule is CC(NNC1=CN=C(C2C(C#N)c3ccc(OC(F)F)cc3N2C2CCCC2)C=CC1)C(F)(F)F. The van der Waals surface area contributed by atoms with Gasteiger partial charge in [0.25, 0.3) is 0 Å². The molecule has 1 fully saturated rings. The summed E-state index contributed by atoms with van der Waals surface area (Å²) in [5, 5.41) is 10.1. The zero-order chi connectivity index (χ0) is 25.2. The van der Waals surface area contributed by atoms with Gasteiger partial charge in [-0.05, 0) is 37.5 Å². The number of hydrogen-bond acceptors (Lipinski definition) is 6. The summed E-state index contributed by atoms with van der Waals surface area (Å²) in [6.07, 6.45) is 4.77. The van der Waals surface area contributed by atoms with E-state index in [0.29, 0.717) is 29.1 Å². The van der Waals surface area contributed by atoms with E-state index in [0.717, 1.165) is 32.6 Å². The molecule has 3 atom stereocenters. The summed E-state index contributed by atoms with van der Waals surface area (Å²) in [4.78, 5) is 6.63. The van der Waals surface area contributed by atoms with Gasteiger partial charge in [0.1, 0.15) is 11.8 Å². The molecule has 6 nitrogen and oxygen atoms in total. The molecule has 1 aliphatic carbocycles. The van der Waals surface area contributed by atoms with Crippen LogP contribution in [0.5, 0.6) is 5.75 Å². The molecular weight excluding hydrogens is 469 g/mol. The van der Waals surface area contributed by atoms with Gasteiger partial charge in [0.2, 0.25) is 0 Å². The van der Waals surface area contributed by atoms with Gasteiger partial charge in [0.05, 0.1) is 23.7 Å². The number of nitriles is 1. The Morgan fingerprint density at radius 2 is 1.97 bits per heavy atom. The molecule has 35 heavy (non-hydrogen) atoms. The van der Waals surface area contributed by atoms with Crippen LogP contribution in [0.25, 0.3) is 0 Å². The van der Waals surface area contributed by atoms with E-state index in [9.17, 15) is 27.2 Å². The highest BCUT2D eigenvalue weighted by molar-refractivity contribution is 6.04. The van der Waals surface area contributed by atoms with Crippen molar-refractivity contribution < 1.29 is 26.7 Å². The average molecular weight is 495 g/mol. The summed E-state index contributed by atoms with van der Waals surface area (Å²) in [7, 11) is 0. The molecule has 1 saturated carbocycles. The van der Waals surface area contributed by atoms with Crippen LogP contribution in [0.1, 0.15) is 50.5 Å². The molecule has 0 saturated heterocycles. The van der Waals surface area contributed by atoms with E-state index in [1.54, 1.807) is 24.3 Å². The zero-order valence-corrected chi connectivity index (χ0v) is 19.0. The summed E-state index contributed by atoms with van der Waals surface area (Å²) in [5.74, 6) is -0.574. The minimum Gasteiger partial charge on any atom is -0.435 e. The normalized spacial score (nSPS) is 23.4. The highest BCUT2D eigenvalue weighted by atomic mass is 19.4. The summed E-state index contributed by atoms with van der Waals surface area (Å²) >= 11 is 0. The van der Waals surface area contributed by atoms with Gasteiger partial charge < -0.3 is 15.1 Å². The van der Waals surface area contributed by atoms with Gasteiger partial charge in [0.15, 0.2) is 0 Å². The first kappa shape index (κ1) is 25.0. The van der Waals surface area contributed by atoms with Crippen molar-refractivity contribution in [3.05, 3.63) is 47.8 Å². The molecule has 0 bridgehead atoms. The van der Waals surface area contributed by atoms with E-state index in [2.05, 4.69) is 31.5 Å². The lowest BCUT2D eigenvalue weighted by molar-refractivity contribution is -0.153. The Morgan fingerprint density at radius 3 is 2.63 bits per heavy atom. The standard InChI is InChI=1S/C24H26F5N5O/c1-14(24(27,28)29)32-33-15-5-4-8-20(31-13-15)22-19(12-30)18-10-9-17(35-23(25)26)11-21(18)34(22)16-6-2-3-7-16/h4,8-11,13-14,16,19,22-23,32-33H,2-3,5-7H2,1H3. The number of hydrogen-bond donors (Lipinski definition) is 2. The second-order valence-corrected chi connectivity index (χ2v) is 8.84. The molecular formula is C24H26F5N5O. The van der Waals surface area contributed by atoms with Crippen molar-refractivity contribution in [2.24, 2.45) is 4.99 Å².